The molecule has 0 heterocycles. The van der Waals surface area contributed by atoms with Crippen molar-refractivity contribution in [3.8, 4) is 0 Å². The molecule has 2 heteroatoms. The number of benzene rings is 1. The molecule has 1 rings (SSSR count). The van der Waals surface area contributed by atoms with E-state index in [1.807, 2.05) is 18.2 Å². The summed E-state index contributed by atoms with van der Waals surface area (Å²) in [5.41, 5.74) is 5.34. The van der Waals surface area contributed by atoms with Crippen LogP contribution in [0.1, 0.15) is 10.4 Å². The van der Waals surface area contributed by atoms with Crippen molar-refractivity contribution in [1.29, 1.82) is 0 Å². The maximum atomic E-state index is 10.6. The summed E-state index contributed by atoms with van der Waals surface area (Å²) in [7, 11) is 0. The van der Waals surface area contributed by atoms with Gasteiger partial charge in [0.2, 0.25) is 0 Å². The second kappa shape index (κ2) is 3.73. The van der Waals surface area contributed by atoms with E-state index in [0.717, 1.165) is 11.8 Å². The van der Waals surface area contributed by atoms with E-state index in [2.05, 4.69) is 17.5 Å². The first-order chi connectivity index (χ1) is 5.25. The van der Waals surface area contributed by atoms with Crippen LogP contribution in [0.15, 0.2) is 24.3 Å². The molecule has 0 saturated heterocycles. The maximum absolute atomic E-state index is 10.6. The molecule has 11 heavy (non-hydrogen) atoms. The summed E-state index contributed by atoms with van der Waals surface area (Å²) in [5, 5.41) is 0. The van der Waals surface area contributed by atoms with Crippen molar-refractivity contribution in [3.63, 3.8) is 0 Å². The van der Waals surface area contributed by atoms with Gasteiger partial charge in [0.1, 0.15) is 0 Å². The molecule has 0 aliphatic heterocycles. The second-order valence-electron chi connectivity index (χ2n) is 2.57. The van der Waals surface area contributed by atoms with Gasteiger partial charge in [-0.05, 0) is 0 Å². The monoisotopic (exact) mass is 210 g/mol. The predicted octanol–water partition coefficient (Wildman–Crippen LogP) is 1.46. The first kappa shape index (κ1) is 8.54. The topological polar surface area (TPSA) is 17.1 Å². The molecule has 0 aliphatic carbocycles. The van der Waals surface area contributed by atoms with Gasteiger partial charge in [0.25, 0.3) is 0 Å². The van der Waals surface area contributed by atoms with Gasteiger partial charge in [-0.3, -0.25) is 0 Å². The number of aldehydes is 1. The zero-order chi connectivity index (χ0) is 8.27. The quantitative estimate of drug-likeness (QED) is 0.533. The molecule has 0 unspecified atom stereocenters. The molecule has 0 aliphatic rings. The van der Waals surface area contributed by atoms with Gasteiger partial charge >= 0.3 is 71.3 Å². The summed E-state index contributed by atoms with van der Waals surface area (Å²) < 4.78 is 1.27. The van der Waals surface area contributed by atoms with E-state index >= 15 is 0 Å². The number of carbonyl (C=O) groups is 1. The normalized spacial score (nSPS) is 10.1. The first-order valence-corrected chi connectivity index (χ1v) is 8.16. The molecular weight excluding hydrogens is 199 g/mol. The molecule has 1 nitrogen and oxygen atoms in total. The van der Waals surface area contributed by atoms with Gasteiger partial charge in [-0.2, -0.15) is 0 Å². The minimum atomic E-state index is -0.879. The Bertz CT molecular complexity index is 255. The second-order valence-corrected chi connectivity index (χ2v) is 7.34. The zero-order valence-corrected chi connectivity index (χ0v) is 8.62. The molecule has 0 radical (unpaired) electrons. The van der Waals surface area contributed by atoms with Crippen LogP contribution in [-0.4, -0.2) is 20.9 Å². The van der Waals surface area contributed by atoms with Crippen molar-refractivity contribution in [1.82, 2.24) is 0 Å². The number of hydrogen-bond acceptors (Lipinski definition) is 1. The van der Waals surface area contributed by atoms with Crippen molar-refractivity contribution in [2.75, 3.05) is 0 Å². The van der Waals surface area contributed by atoms with E-state index in [-0.39, 0.29) is 0 Å². The fraction of sp³-hybridized carbons (Fsp3) is 0.222. The van der Waals surface area contributed by atoms with E-state index < -0.39 is 14.7 Å². The average molecular weight is 210 g/mol. The Morgan fingerprint density at radius 3 is 2.36 bits per heavy atom. The Morgan fingerprint density at radius 1 is 1.27 bits per heavy atom. The van der Waals surface area contributed by atoms with Crippen LogP contribution in [0.25, 0.3) is 0 Å². The van der Waals surface area contributed by atoms with Crippen LogP contribution in [0.4, 0.5) is 0 Å². The molecule has 0 atom stereocenters. The zero-order valence-electron chi connectivity index (χ0n) is 6.74. The molecule has 58 valence electrons. The number of rotatable bonds is 2. The molecule has 0 amide bonds. The molecule has 0 bridgehead atoms. The van der Waals surface area contributed by atoms with Crippen LogP contribution in [-0.2, 0) is 0 Å². The van der Waals surface area contributed by atoms with Crippen LogP contribution in [0.3, 0.4) is 0 Å². The van der Waals surface area contributed by atoms with Gasteiger partial charge in [0.15, 0.2) is 0 Å². The Balaban J connectivity index is 3.12. The van der Waals surface area contributed by atoms with Crippen LogP contribution in [0, 0.1) is 0 Å². The summed E-state index contributed by atoms with van der Waals surface area (Å²) in [5.74, 6) is 0. The van der Waals surface area contributed by atoms with E-state index in [9.17, 15) is 4.79 Å². The van der Waals surface area contributed by atoms with Crippen molar-refractivity contribution in [3.05, 3.63) is 29.8 Å². The Hall–Kier alpha value is -0.552. The van der Waals surface area contributed by atoms with E-state index in [0.29, 0.717) is 0 Å². The molecule has 0 N–H and O–H groups in total. The molecule has 0 saturated carbocycles. The molecular formula is C9H11AsO. The average Bonchev–Trinajstić information content (AvgIpc) is 2.04. The van der Waals surface area contributed by atoms with E-state index in [1.165, 1.54) is 4.35 Å². The van der Waals surface area contributed by atoms with Gasteiger partial charge in [-0.25, -0.2) is 0 Å². The van der Waals surface area contributed by atoms with Gasteiger partial charge in [-0.15, -0.1) is 0 Å². The molecule has 0 fully saturated rings. The van der Waals surface area contributed by atoms with Gasteiger partial charge in [0.05, 0.1) is 0 Å². The van der Waals surface area contributed by atoms with Crippen molar-refractivity contribution in [2.45, 2.75) is 11.4 Å². The third-order valence-corrected chi connectivity index (χ3v) is 4.42. The molecule has 1 aromatic rings. The summed E-state index contributed by atoms with van der Waals surface area (Å²) in [6, 6.07) is 7.85. The van der Waals surface area contributed by atoms with Gasteiger partial charge in [0, 0.05) is 0 Å². The molecule has 1 aromatic carbocycles. The fourth-order valence-corrected chi connectivity index (χ4v) is 3.15. The third kappa shape index (κ3) is 1.94. The first-order valence-electron chi connectivity index (χ1n) is 3.47. The Labute approximate surface area is 71.7 Å². The van der Waals surface area contributed by atoms with E-state index in [1.54, 1.807) is 0 Å². The molecule has 0 spiro atoms. The summed E-state index contributed by atoms with van der Waals surface area (Å²) in [4.78, 5) is 10.6. The number of hydrogen-bond donors (Lipinski definition) is 0. The van der Waals surface area contributed by atoms with Crippen LogP contribution in [0.2, 0.25) is 11.4 Å². The van der Waals surface area contributed by atoms with Crippen molar-refractivity contribution >= 4 is 25.3 Å². The predicted molar refractivity (Wildman–Crippen MR) is 48.9 cm³/mol. The van der Waals surface area contributed by atoms with E-state index in [4.69, 9.17) is 0 Å². The van der Waals surface area contributed by atoms with Crippen molar-refractivity contribution < 1.29 is 4.79 Å². The third-order valence-electron chi connectivity index (χ3n) is 1.55. The standard InChI is InChI=1S/C9H11AsO/c1-10(2)9-6-4-3-5-8(9)7-11/h3-7H,1-2H3. The SMILES string of the molecule is C[As](C)c1ccccc1C=O. The fourth-order valence-electron chi connectivity index (χ4n) is 0.994. The Morgan fingerprint density at radius 2 is 1.91 bits per heavy atom. The summed E-state index contributed by atoms with van der Waals surface area (Å²) in [6.45, 7) is 0. The number of carbonyl (C=O) groups excluding carboxylic acids is 1. The van der Waals surface area contributed by atoms with Crippen LogP contribution in [0.5, 0.6) is 0 Å². The van der Waals surface area contributed by atoms with Crippen LogP contribution >= 0.6 is 0 Å². The summed E-state index contributed by atoms with van der Waals surface area (Å²) in [6.07, 6.45) is 0.948. The minimum absolute atomic E-state index is 0.873. The van der Waals surface area contributed by atoms with Gasteiger partial charge < -0.3 is 0 Å². The van der Waals surface area contributed by atoms with Crippen molar-refractivity contribution in [2.24, 2.45) is 0 Å². The Kier molecular flexibility index (Phi) is 2.90. The molecule has 0 aromatic heterocycles. The van der Waals surface area contributed by atoms with Crippen LogP contribution < -0.4 is 4.35 Å². The van der Waals surface area contributed by atoms with Gasteiger partial charge in [-0.1, -0.05) is 0 Å². The summed E-state index contributed by atoms with van der Waals surface area (Å²) >= 11 is -0.879.